The molecule has 1 amide bonds. The van der Waals surface area contributed by atoms with E-state index in [4.69, 9.17) is 16.7 Å². The summed E-state index contributed by atoms with van der Waals surface area (Å²) >= 11 is 5.86. The van der Waals surface area contributed by atoms with Crippen LogP contribution in [0.15, 0.2) is 18.2 Å². The molecule has 1 aromatic carbocycles. The first-order chi connectivity index (χ1) is 7.90. The molecule has 0 aliphatic carbocycles. The maximum atomic E-state index is 11.5. The molecule has 0 bridgehead atoms. The fourth-order valence-corrected chi connectivity index (χ4v) is 1.45. The van der Waals surface area contributed by atoms with Gasteiger partial charge in [0.25, 0.3) is 0 Å². The third kappa shape index (κ3) is 4.05. The molecule has 0 saturated carbocycles. The second-order valence-electron chi connectivity index (χ2n) is 3.79. The number of carbonyl (C=O) groups is 2. The van der Waals surface area contributed by atoms with E-state index in [1.54, 1.807) is 19.0 Å². The molecule has 0 aliphatic rings. The van der Waals surface area contributed by atoms with Crippen molar-refractivity contribution < 1.29 is 14.7 Å². The molecule has 5 nitrogen and oxygen atoms in total. The van der Waals surface area contributed by atoms with Crippen LogP contribution in [0, 0.1) is 0 Å². The molecular formula is C11H13ClN2O3. The van der Waals surface area contributed by atoms with Crippen molar-refractivity contribution in [1.82, 2.24) is 4.90 Å². The average Bonchev–Trinajstić information content (AvgIpc) is 2.19. The van der Waals surface area contributed by atoms with E-state index in [-0.39, 0.29) is 23.0 Å². The van der Waals surface area contributed by atoms with Crippen molar-refractivity contribution in [1.29, 1.82) is 0 Å². The largest absolute Gasteiger partial charge is 0.478 e. The molecule has 0 fully saturated rings. The molecule has 0 aliphatic heterocycles. The number of carbonyl (C=O) groups excluding carboxylic acids is 1. The molecule has 0 aromatic heterocycles. The molecule has 1 aromatic rings. The zero-order valence-corrected chi connectivity index (χ0v) is 10.3. The van der Waals surface area contributed by atoms with Crippen LogP contribution in [0.3, 0.4) is 0 Å². The lowest BCUT2D eigenvalue weighted by Crippen LogP contribution is -2.27. The maximum absolute atomic E-state index is 11.5. The summed E-state index contributed by atoms with van der Waals surface area (Å²) in [5, 5.41) is 11.6. The van der Waals surface area contributed by atoms with E-state index in [0.29, 0.717) is 5.69 Å². The van der Waals surface area contributed by atoms with Gasteiger partial charge in [-0.2, -0.15) is 0 Å². The van der Waals surface area contributed by atoms with Gasteiger partial charge in [0.05, 0.1) is 22.8 Å². The van der Waals surface area contributed by atoms with Crippen molar-refractivity contribution in [3.8, 4) is 0 Å². The van der Waals surface area contributed by atoms with Gasteiger partial charge in [0.2, 0.25) is 5.91 Å². The molecule has 6 heteroatoms. The van der Waals surface area contributed by atoms with E-state index >= 15 is 0 Å². The van der Waals surface area contributed by atoms with Crippen molar-refractivity contribution in [3.63, 3.8) is 0 Å². The molecule has 0 spiro atoms. The fraction of sp³-hybridized carbons (Fsp3) is 0.273. The van der Waals surface area contributed by atoms with E-state index in [1.807, 2.05) is 0 Å². The average molecular weight is 257 g/mol. The third-order valence-electron chi connectivity index (χ3n) is 1.95. The number of halogens is 1. The maximum Gasteiger partial charge on any atom is 0.335 e. The van der Waals surface area contributed by atoms with Crippen LogP contribution in [0.1, 0.15) is 10.4 Å². The first-order valence-electron chi connectivity index (χ1n) is 4.87. The number of rotatable bonds is 4. The number of nitrogens with one attached hydrogen (secondary N) is 1. The van der Waals surface area contributed by atoms with E-state index in [1.165, 1.54) is 18.2 Å². The summed E-state index contributed by atoms with van der Waals surface area (Å²) in [6.45, 7) is 0.233. The second kappa shape index (κ2) is 5.65. The zero-order chi connectivity index (χ0) is 13.0. The Morgan fingerprint density at radius 2 is 2.06 bits per heavy atom. The summed E-state index contributed by atoms with van der Waals surface area (Å²) in [4.78, 5) is 23.9. The molecule has 0 unspecified atom stereocenters. The predicted octanol–water partition coefficient (Wildman–Crippen LogP) is 1.54. The highest BCUT2D eigenvalue weighted by Crippen LogP contribution is 2.22. The van der Waals surface area contributed by atoms with Crippen molar-refractivity contribution in [2.24, 2.45) is 0 Å². The Morgan fingerprint density at radius 3 is 2.53 bits per heavy atom. The number of nitrogens with zero attached hydrogens (tertiary/aromatic N) is 1. The van der Waals surface area contributed by atoms with Gasteiger partial charge in [-0.25, -0.2) is 4.79 Å². The number of carboxylic acid groups (broad SMARTS) is 1. The smallest absolute Gasteiger partial charge is 0.335 e. The molecule has 0 radical (unpaired) electrons. The van der Waals surface area contributed by atoms with Gasteiger partial charge in [0.15, 0.2) is 0 Å². The summed E-state index contributed by atoms with van der Waals surface area (Å²) in [7, 11) is 3.55. The molecular weight excluding hydrogens is 244 g/mol. The standard InChI is InChI=1S/C11H13ClN2O3/c1-14(2)6-10(15)13-9-4-3-7(11(16)17)5-8(9)12/h3-5H,6H2,1-2H3,(H,13,15)(H,16,17). The third-order valence-corrected chi connectivity index (χ3v) is 2.26. The van der Waals surface area contributed by atoms with Crippen molar-refractivity contribution in [2.45, 2.75) is 0 Å². The summed E-state index contributed by atoms with van der Waals surface area (Å²) in [5.41, 5.74) is 0.490. The predicted molar refractivity (Wildman–Crippen MR) is 65.6 cm³/mol. The van der Waals surface area contributed by atoms with Crippen LogP contribution in [-0.2, 0) is 4.79 Å². The Hall–Kier alpha value is -1.59. The van der Waals surface area contributed by atoms with Gasteiger partial charge in [-0.05, 0) is 32.3 Å². The van der Waals surface area contributed by atoms with E-state index in [0.717, 1.165) is 0 Å². The number of hydrogen-bond donors (Lipinski definition) is 2. The van der Waals surface area contributed by atoms with Gasteiger partial charge >= 0.3 is 5.97 Å². The number of aromatic carboxylic acids is 1. The first-order valence-corrected chi connectivity index (χ1v) is 5.25. The van der Waals surface area contributed by atoms with Crippen LogP contribution >= 0.6 is 11.6 Å². The summed E-state index contributed by atoms with van der Waals surface area (Å²) in [6, 6.07) is 4.16. The Bertz CT molecular complexity index is 446. The van der Waals surface area contributed by atoms with Gasteiger partial charge in [-0.1, -0.05) is 11.6 Å². The SMILES string of the molecule is CN(C)CC(=O)Nc1ccc(C(=O)O)cc1Cl. The Balaban J connectivity index is 2.79. The summed E-state index contributed by atoms with van der Waals surface area (Å²) < 4.78 is 0. The number of likely N-dealkylation sites (N-methyl/N-ethyl adjacent to an activating group) is 1. The summed E-state index contributed by atoms with van der Waals surface area (Å²) in [6.07, 6.45) is 0. The van der Waals surface area contributed by atoms with Crippen LogP contribution in [-0.4, -0.2) is 42.5 Å². The van der Waals surface area contributed by atoms with E-state index in [9.17, 15) is 9.59 Å². The number of anilines is 1. The second-order valence-corrected chi connectivity index (χ2v) is 4.19. The number of benzene rings is 1. The molecule has 1 rings (SSSR count). The number of hydrogen-bond acceptors (Lipinski definition) is 3. The van der Waals surface area contributed by atoms with Crippen LogP contribution in [0.2, 0.25) is 5.02 Å². The summed E-state index contributed by atoms with van der Waals surface area (Å²) in [5.74, 6) is -1.27. The molecule has 2 N–H and O–H groups in total. The monoisotopic (exact) mass is 256 g/mol. The van der Waals surface area contributed by atoms with Crippen molar-refractivity contribution in [2.75, 3.05) is 26.0 Å². The van der Waals surface area contributed by atoms with E-state index < -0.39 is 5.97 Å². The lowest BCUT2D eigenvalue weighted by molar-refractivity contribution is -0.116. The Labute approximate surface area is 104 Å². The topological polar surface area (TPSA) is 69.6 Å². The van der Waals surface area contributed by atoms with Gasteiger partial charge in [0.1, 0.15) is 0 Å². The zero-order valence-electron chi connectivity index (χ0n) is 9.53. The molecule has 17 heavy (non-hydrogen) atoms. The minimum Gasteiger partial charge on any atom is -0.478 e. The highest BCUT2D eigenvalue weighted by atomic mass is 35.5. The highest BCUT2D eigenvalue weighted by molar-refractivity contribution is 6.34. The Kier molecular flexibility index (Phi) is 4.48. The van der Waals surface area contributed by atoms with E-state index in [2.05, 4.69) is 5.32 Å². The minimum atomic E-state index is -1.06. The first kappa shape index (κ1) is 13.5. The van der Waals surface area contributed by atoms with Gasteiger partial charge in [0, 0.05) is 0 Å². The fourth-order valence-electron chi connectivity index (χ4n) is 1.23. The minimum absolute atomic E-state index is 0.0839. The number of carboxylic acids is 1. The Morgan fingerprint density at radius 1 is 1.41 bits per heavy atom. The van der Waals surface area contributed by atoms with Gasteiger partial charge in [-0.3, -0.25) is 4.79 Å². The van der Waals surface area contributed by atoms with Crippen LogP contribution in [0.5, 0.6) is 0 Å². The van der Waals surface area contributed by atoms with Crippen LogP contribution in [0.4, 0.5) is 5.69 Å². The van der Waals surface area contributed by atoms with Crippen LogP contribution < -0.4 is 5.32 Å². The number of amides is 1. The van der Waals surface area contributed by atoms with Gasteiger partial charge in [-0.15, -0.1) is 0 Å². The molecule has 0 heterocycles. The normalized spacial score (nSPS) is 10.4. The van der Waals surface area contributed by atoms with Crippen molar-refractivity contribution >= 4 is 29.2 Å². The molecule has 0 saturated heterocycles. The van der Waals surface area contributed by atoms with Crippen LogP contribution in [0.25, 0.3) is 0 Å². The quantitative estimate of drug-likeness (QED) is 0.857. The highest BCUT2D eigenvalue weighted by Gasteiger charge is 2.09. The van der Waals surface area contributed by atoms with Crippen molar-refractivity contribution in [3.05, 3.63) is 28.8 Å². The lowest BCUT2D eigenvalue weighted by Gasteiger charge is -2.11. The lowest BCUT2D eigenvalue weighted by atomic mass is 10.2. The molecule has 0 atom stereocenters. The van der Waals surface area contributed by atoms with Gasteiger partial charge < -0.3 is 15.3 Å². The molecule has 92 valence electrons.